The number of alkyl halides is 3. The zero-order valence-corrected chi connectivity index (χ0v) is 14.8. The molecule has 0 amide bonds. The molecule has 1 aliphatic rings. The minimum Gasteiger partial charge on any atom is -0.381 e. The van der Waals surface area contributed by atoms with Crippen LogP contribution in [0.4, 0.5) is 24.8 Å². The third-order valence-electron chi connectivity index (χ3n) is 3.93. The van der Waals surface area contributed by atoms with E-state index in [1.165, 1.54) is 12.1 Å². The van der Waals surface area contributed by atoms with Gasteiger partial charge in [-0.2, -0.15) is 21.6 Å². The molecule has 2 aromatic rings. The van der Waals surface area contributed by atoms with Gasteiger partial charge < -0.3 is 13.8 Å². The number of halogens is 3. The zero-order chi connectivity index (χ0) is 19.5. The smallest absolute Gasteiger partial charge is 0.381 e. The van der Waals surface area contributed by atoms with Crippen LogP contribution in [-0.4, -0.2) is 43.1 Å². The Balaban J connectivity index is 1.87. The number of hydrogen-bond acceptors (Lipinski definition) is 7. The van der Waals surface area contributed by atoms with Gasteiger partial charge >= 0.3 is 15.6 Å². The van der Waals surface area contributed by atoms with E-state index in [0.29, 0.717) is 24.8 Å². The number of rotatable bonds is 5. The topological polar surface area (TPSA) is 81.6 Å². The fraction of sp³-hybridized carbons (Fsp3) is 0.375. The van der Waals surface area contributed by atoms with Gasteiger partial charge in [0.2, 0.25) is 5.95 Å². The second-order valence-electron chi connectivity index (χ2n) is 5.74. The van der Waals surface area contributed by atoms with E-state index in [-0.39, 0.29) is 6.04 Å². The molecule has 3 rings (SSSR count). The molecule has 0 unspecified atom stereocenters. The second-order valence-corrected chi connectivity index (χ2v) is 7.28. The molecule has 11 heteroatoms. The largest absolute Gasteiger partial charge is 0.534 e. The van der Waals surface area contributed by atoms with Crippen LogP contribution in [0.15, 0.2) is 42.7 Å². The molecule has 0 saturated carbocycles. The van der Waals surface area contributed by atoms with Crippen molar-refractivity contribution in [2.45, 2.75) is 24.4 Å². The number of benzene rings is 1. The fourth-order valence-corrected chi connectivity index (χ4v) is 3.14. The normalized spacial score (nSPS) is 16.1. The minimum atomic E-state index is -5.71. The van der Waals surface area contributed by atoms with Crippen LogP contribution < -0.4 is 9.08 Å². The van der Waals surface area contributed by atoms with Crippen LogP contribution in [0.3, 0.4) is 0 Å². The van der Waals surface area contributed by atoms with Crippen LogP contribution in [0.2, 0.25) is 0 Å². The van der Waals surface area contributed by atoms with Gasteiger partial charge in [-0.15, -0.1) is 0 Å². The van der Waals surface area contributed by atoms with Crippen molar-refractivity contribution in [3.63, 3.8) is 0 Å². The Morgan fingerprint density at radius 2 is 1.67 bits per heavy atom. The summed E-state index contributed by atoms with van der Waals surface area (Å²) in [7, 11) is -5.71. The van der Waals surface area contributed by atoms with E-state index in [0.717, 1.165) is 25.0 Å². The lowest BCUT2D eigenvalue weighted by Gasteiger charge is -2.34. The van der Waals surface area contributed by atoms with E-state index in [1.54, 1.807) is 18.5 Å². The highest BCUT2D eigenvalue weighted by atomic mass is 32.2. The SMILES string of the molecule is O=S(=O)(Oc1ccc(N(c2ncccn2)C2CCOCC2)cc1)C(F)(F)F. The number of nitrogens with zero attached hydrogens (tertiary/aromatic N) is 3. The lowest BCUT2D eigenvalue weighted by atomic mass is 10.1. The van der Waals surface area contributed by atoms with Gasteiger partial charge in [0.15, 0.2) is 0 Å². The summed E-state index contributed by atoms with van der Waals surface area (Å²) in [6.07, 6.45) is 4.61. The quantitative estimate of drug-likeness (QED) is 0.561. The molecule has 7 nitrogen and oxygen atoms in total. The van der Waals surface area contributed by atoms with E-state index in [9.17, 15) is 21.6 Å². The maximum atomic E-state index is 12.4. The Hall–Kier alpha value is -2.40. The first-order valence-electron chi connectivity index (χ1n) is 8.03. The Kier molecular flexibility index (Phi) is 5.51. The van der Waals surface area contributed by atoms with Crippen molar-refractivity contribution in [1.82, 2.24) is 9.97 Å². The molecule has 0 radical (unpaired) electrons. The molecule has 0 spiro atoms. The average molecular weight is 403 g/mol. The number of anilines is 2. The van der Waals surface area contributed by atoms with Gasteiger partial charge in [-0.25, -0.2) is 9.97 Å². The molecule has 27 heavy (non-hydrogen) atoms. The molecule has 0 atom stereocenters. The number of aromatic nitrogens is 2. The van der Waals surface area contributed by atoms with E-state index in [1.807, 2.05) is 4.90 Å². The first kappa shape index (κ1) is 19.4. The summed E-state index contributed by atoms with van der Waals surface area (Å²) in [6.45, 7) is 1.14. The van der Waals surface area contributed by atoms with Crippen molar-refractivity contribution in [2.75, 3.05) is 18.1 Å². The predicted octanol–water partition coefficient (Wildman–Crippen LogP) is 3.02. The highest BCUT2D eigenvalue weighted by Gasteiger charge is 2.48. The minimum absolute atomic E-state index is 0.0341. The second kappa shape index (κ2) is 7.69. The highest BCUT2D eigenvalue weighted by molar-refractivity contribution is 7.88. The Morgan fingerprint density at radius 1 is 1.07 bits per heavy atom. The van der Waals surface area contributed by atoms with Crippen LogP contribution in [0, 0.1) is 0 Å². The lowest BCUT2D eigenvalue weighted by molar-refractivity contribution is -0.0500. The monoisotopic (exact) mass is 403 g/mol. The molecule has 1 aromatic carbocycles. The van der Waals surface area contributed by atoms with Crippen molar-refractivity contribution in [3.05, 3.63) is 42.7 Å². The number of ether oxygens (including phenoxy) is 1. The highest BCUT2D eigenvalue weighted by Crippen LogP contribution is 2.32. The zero-order valence-electron chi connectivity index (χ0n) is 14.0. The van der Waals surface area contributed by atoms with Crippen molar-refractivity contribution in [3.8, 4) is 5.75 Å². The molecular formula is C16H16F3N3O4S. The molecular weight excluding hydrogens is 387 g/mol. The number of hydrogen-bond donors (Lipinski definition) is 0. The Morgan fingerprint density at radius 3 is 2.22 bits per heavy atom. The molecule has 1 saturated heterocycles. The predicted molar refractivity (Wildman–Crippen MR) is 90.1 cm³/mol. The summed E-state index contributed by atoms with van der Waals surface area (Å²) < 4.78 is 69.1. The third kappa shape index (κ3) is 4.48. The molecule has 1 aromatic heterocycles. The third-order valence-corrected chi connectivity index (χ3v) is 4.91. The van der Waals surface area contributed by atoms with Gasteiger partial charge in [-0.05, 0) is 43.2 Å². The molecule has 146 valence electrons. The summed E-state index contributed by atoms with van der Waals surface area (Å²) in [5.41, 5.74) is -4.89. The van der Waals surface area contributed by atoms with Gasteiger partial charge in [-0.1, -0.05) is 0 Å². The molecule has 1 aliphatic heterocycles. The Labute approximate surface area is 153 Å². The van der Waals surface area contributed by atoms with Gasteiger partial charge in [0.05, 0.1) is 0 Å². The van der Waals surface area contributed by atoms with Gasteiger partial charge in [-0.3, -0.25) is 0 Å². The van der Waals surface area contributed by atoms with E-state index in [2.05, 4.69) is 14.2 Å². The first-order chi connectivity index (χ1) is 12.8. The summed E-state index contributed by atoms with van der Waals surface area (Å²) >= 11 is 0. The molecule has 2 heterocycles. The summed E-state index contributed by atoms with van der Waals surface area (Å²) in [5.74, 6) is -0.00189. The van der Waals surface area contributed by atoms with Crippen LogP contribution >= 0.6 is 0 Å². The summed E-state index contributed by atoms with van der Waals surface area (Å²) in [5, 5.41) is 0. The molecule has 0 aliphatic carbocycles. The van der Waals surface area contributed by atoms with E-state index < -0.39 is 21.4 Å². The van der Waals surface area contributed by atoms with Crippen LogP contribution in [0.5, 0.6) is 5.75 Å². The maximum absolute atomic E-state index is 12.4. The molecule has 0 N–H and O–H groups in total. The van der Waals surface area contributed by atoms with Crippen LogP contribution in [0.1, 0.15) is 12.8 Å². The molecule has 1 fully saturated rings. The standard InChI is InChI=1S/C16H16F3N3O4S/c17-16(18,19)27(23,24)26-14-4-2-12(3-5-14)22(13-6-10-25-11-7-13)15-20-8-1-9-21-15/h1-5,8-9,13H,6-7,10-11H2. The van der Waals surface area contributed by atoms with Gasteiger partial charge in [0, 0.05) is 37.3 Å². The summed E-state index contributed by atoms with van der Waals surface area (Å²) in [6, 6.07) is 6.96. The first-order valence-corrected chi connectivity index (χ1v) is 9.43. The fourth-order valence-electron chi connectivity index (χ4n) is 2.68. The van der Waals surface area contributed by atoms with Gasteiger partial charge in [0.1, 0.15) is 5.75 Å². The van der Waals surface area contributed by atoms with Crippen molar-refractivity contribution in [2.24, 2.45) is 0 Å². The Bertz CT molecular complexity index is 855. The van der Waals surface area contributed by atoms with Crippen molar-refractivity contribution < 1.29 is 30.5 Å². The van der Waals surface area contributed by atoms with Crippen molar-refractivity contribution in [1.29, 1.82) is 0 Å². The van der Waals surface area contributed by atoms with E-state index >= 15 is 0 Å². The van der Waals surface area contributed by atoms with E-state index in [4.69, 9.17) is 4.74 Å². The van der Waals surface area contributed by atoms with Gasteiger partial charge in [0.25, 0.3) is 0 Å². The maximum Gasteiger partial charge on any atom is 0.534 e. The average Bonchev–Trinajstić information content (AvgIpc) is 2.64. The molecule has 0 bridgehead atoms. The lowest BCUT2D eigenvalue weighted by Crippen LogP contribution is -2.37. The van der Waals surface area contributed by atoms with Crippen LogP contribution in [-0.2, 0) is 14.9 Å². The van der Waals surface area contributed by atoms with Crippen LogP contribution in [0.25, 0.3) is 0 Å². The van der Waals surface area contributed by atoms with Crippen molar-refractivity contribution >= 4 is 21.8 Å². The summed E-state index contributed by atoms with van der Waals surface area (Å²) in [4.78, 5) is 10.3.